The minimum Gasteiger partial charge on any atom is -0.0843 e. The number of rotatable bonds is 0. The van der Waals surface area contributed by atoms with E-state index in [-0.39, 0.29) is 10.0 Å². The monoisotopic (exact) mass is 322 g/mol. The predicted octanol–water partition coefficient (Wildman–Crippen LogP) is 6.60. The smallest absolute Gasteiger partial charge is 0.0800 e. The Morgan fingerprint density at radius 1 is 0.588 bits per heavy atom. The van der Waals surface area contributed by atoms with Gasteiger partial charge in [0, 0.05) is 16.1 Å². The van der Waals surface area contributed by atoms with Gasteiger partial charge in [-0.05, 0) is 23.3 Å². The van der Waals surface area contributed by atoms with Gasteiger partial charge >= 0.3 is 0 Å². The Morgan fingerprint density at radius 2 is 1.12 bits per heavy atom. The summed E-state index contributed by atoms with van der Waals surface area (Å²) in [7, 11) is 0. The number of hydrogen-bond donors (Lipinski definition) is 0. The van der Waals surface area contributed by atoms with Crippen LogP contribution >= 0.6 is 58.0 Å². The van der Waals surface area contributed by atoms with Gasteiger partial charge in [-0.25, -0.2) is 0 Å². The zero-order valence-electron chi connectivity index (χ0n) is 8.12. The van der Waals surface area contributed by atoms with E-state index in [0.29, 0.717) is 15.1 Å². The van der Waals surface area contributed by atoms with Crippen molar-refractivity contribution in [2.24, 2.45) is 0 Å². The third-order valence-electron chi connectivity index (χ3n) is 2.79. The second kappa shape index (κ2) is 3.94. The molecule has 0 N–H and O–H groups in total. The Morgan fingerprint density at radius 3 is 1.71 bits per heavy atom. The van der Waals surface area contributed by atoms with Crippen molar-refractivity contribution in [2.45, 2.75) is 0 Å². The van der Waals surface area contributed by atoms with E-state index in [0.717, 1.165) is 22.3 Å². The third kappa shape index (κ3) is 1.52. The van der Waals surface area contributed by atoms with Crippen LogP contribution in [0, 0.1) is 0 Å². The van der Waals surface area contributed by atoms with Gasteiger partial charge in [-0.2, -0.15) is 0 Å². The number of benzene rings is 2. The van der Waals surface area contributed by atoms with Gasteiger partial charge in [-0.1, -0.05) is 64.1 Å². The van der Waals surface area contributed by atoms with Crippen LogP contribution in [0.5, 0.6) is 0 Å². The quantitative estimate of drug-likeness (QED) is 0.323. The summed E-state index contributed by atoms with van der Waals surface area (Å²) in [6, 6.07) is 5.54. The average molecular weight is 324 g/mol. The van der Waals surface area contributed by atoms with Gasteiger partial charge in [0.05, 0.1) is 20.1 Å². The molecule has 0 spiro atoms. The zero-order chi connectivity index (χ0) is 12.3. The maximum atomic E-state index is 6.17. The highest BCUT2D eigenvalue weighted by atomic mass is 35.5. The third-order valence-corrected chi connectivity index (χ3v) is 4.82. The normalized spacial score (nSPS) is 11.8. The van der Waals surface area contributed by atoms with Gasteiger partial charge in [0.15, 0.2) is 0 Å². The van der Waals surface area contributed by atoms with Crippen molar-refractivity contribution in [3.8, 4) is 22.3 Å². The highest BCUT2D eigenvalue weighted by molar-refractivity contribution is 6.55. The van der Waals surface area contributed by atoms with Crippen molar-refractivity contribution in [3.05, 3.63) is 43.3 Å². The summed E-state index contributed by atoms with van der Waals surface area (Å²) >= 11 is 30.3. The van der Waals surface area contributed by atoms with E-state index < -0.39 is 0 Å². The molecule has 2 aromatic rings. The standard InChI is InChI=1S/C12H3Cl5/c13-4-1-2-5-6(3-4)8-7(5)9(14)11(16)12(17)10(8)15/h1-3H. The molecule has 86 valence electrons. The molecule has 0 nitrogen and oxygen atoms in total. The Bertz CT molecular complexity index is 661. The Labute approximate surface area is 123 Å². The maximum Gasteiger partial charge on any atom is 0.0800 e. The molecule has 0 heterocycles. The van der Waals surface area contributed by atoms with E-state index in [1.54, 1.807) is 6.07 Å². The largest absolute Gasteiger partial charge is 0.0843 e. The van der Waals surface area contributed by atoms with Crippen LogP contribution in [0.25, 0.3) is 22.3 Å². The maximum absolute atomic E-state index is 6.17. The van der Waals surface area contributed by atoms with Crippen molar-refractivity contribution >= 4 is 58.0 Å². The van der Waals surface area contributed by atoms with Crippen LogP contribution in [0.3, 0.4) is 0 Å². The minimum absolute atomic E-state index is 0.280. The van der Waals surface area contributed by atoms with E-state index in [1.807, 2.05) is 12.1 Å². The van der Waals surface area contributed by atoms with Crippen molar-refractivity contribution in [1.82, 2.24) is 0 Å². The first-order chi connectivity index (χ1) is 8.02. The Balaban J connectivity index is 2.38. The first-order valence-corrected chi connectivity index (χ1v) is 6.57. The zero-order valence-corrected chi connectivity index (χ0v) is 11.9. The van der Waals surface area contributed by atoms with Crippen LogP contribution in [-0.4, -0.2) is 0 Å². The van der Waals surface area contributed by atoms with E-state index in [9.17, 15) is 0 Å². The van der Waals surface area contributed by atoms with Crippen LogP contribution in [0.15, 0.2) is 18.2 Å². The number of fused-ring (bicyclic) bond motifs is 4. The van der Waals surface area contributed by atoms with Crippen molar-refractivity contribution < 1.29 is 0 Å². The van der Waals surface area contributed by atoms with Gasteiger partial charge in [0.1, 0.15) is 0 Å². The molecular weight excluding hydrogens is 321 g/mol. The molecule has 1 aliphatic carbocycles. The van der Waals surface area contributed by atoms with E-state index in [2.05, 4.69) is 0 Å². The molecule has 3 rings (SSSR count). The second-order valence-corrected chi connectivity index (χ2v) is 5.64. The summed E-state index contributed by atoms with van der Waals surface area (Å²) in [5, 5.41) is 2.07. The van der Waals surface area contributed by atoms with Crippen LogP contribution in [0.4, 0.5) is 0 Å². The molecule has 0 radical (unpaired) electrons. The highest BCUT2D eigenvalue weighted by Crippen LogP contribution is 2.58. The van der Waals surface area contributed by atoms with Gasteiger partial charge in [-0.3, -0.25) is 0 Å². The van der Waals surface area contributed by atoms with Crippen LogP contribution < -0.4 is 0 Å². The number of halogens is 5. The summed E-state index contributed by atoms with van der Waals surface area (Å²) in [5.74, 6) is 0. The van der Waals surface area contributed by atoms with Gasteiger partial charge in [0.2, 0.25) is 0 Å². The molecule has 0 bridgehead atoms. The van der Waals surface area contributed by atoms with Crippen LogP contribution in [0.1, 0.15) is 0 Å². The average Bonchev–Trinajstić information content (AvgIpc) is 2.28. The lowest BCUT2D eigenvalue weighted by Crippen LogP contribution is -2.01. The van der Waals surface area contributed by atoms with Gasteiger partial charge in [0.25, 0.3) is 0 Å². The van der Waals surface area contributed by atoms with E-state index >= 15 is 0 Å². The fraction of sp³-hybridized carbons (Fsp3) is 0. The van der Waals surface area contributed by atoms with Crippen LogP contribution in [-0.2, 0) is 0 Å². The summed E-state index contributed by atoms with van der Waals surface area (Å²) in [6.45, 7) is 0. The fourth-order valence-electron chi connectivity index (χ4n) is 2.02. The van der Waals surface area contributed by atoms with E-state index in [4.69, 9.17) is 58.0 Å². The molecule has 0 amide bonds. The first kappa shape index (κ1) is 12.0. The number of hydrogen-bond acceptors (Lipinski definition) is 0. The lowest BCUT2D eigenvalue weighted by molar-refractivity contribution is 1.52. The van der Waals surface area contributed by atoms with Crippen molar-refractivity contribution in [3.63, 3.8) is 0 Å². The molecule has 1 aliphatic rings. The Kier molecular flexibility index (Phi) is 2.77. The molecule has 0 aromatic heterocycles. The fourth-order valence-corrected chi connectivity index (χ4v) is 3.24. The first-order valence-electron chi connectivity index (χ1n) is 4.68. The summed E-state index contributed by atoms with van der Waals surface area (Å²) < 4.78 is 0. The summed E-state index contributed by atoms with van der Waals surface area (Å²) in [5.41, 5.74) is 3.62. The molecule has 0 atom stereocenters. The molecule has 0 fully saturated rings. The lowest BCUT2D eigenvalue weighted by atomic mass is 9.80. The molecule has 5 heteroatoms. The molecule has 0 unspecified atom stereocenters. The summed E-state index contributed by atoms with van der Waals surface area (Å²) in [4.78, 5) is 0. The molecule has 17 heavy (non-hydrogen) atoms. The highest BCUT2D eigenvalue weighted by Gasteiger charge is 2.31. The Hall–Kier alpha value is -0.110. The molecular formula is C12H3Cl5. The second-order valence-electron chi connectivity index (χ2n) is 3.70. The molecule has 0 saturated carbocycles. The molecule has 0 saturated heterocycles. The summed E-state index contributed by atoms with van der Waals surface area (Å²) in [6.07, 6.45) is 0. The molecule has 0 aliphatic heterocycles. The minimum atomic E-state index is 0.280. The predicted molar refractivity (Wildman–Crippen MR) is 75.9 cm³/mol. The van der Waals surface area contributed by atoms with Crippen molar-refractivity contribution in [1.29, 1.82) is 0 Å². The SMILES string of the molecule is Clc1ccc2c(c1)-c1c(Cl)c(Cl)c(Cl)c(Cl)c1-2. The van der Waals surface area contributed by atoms with Crippen molar-refractivity contribution in [2.75, 3.05) is 0 Å². The lowest BCUT2D eigenvalue weighted by Gasteiger charge is -2.27. The van der Waals surface area contributed by atoms with Gasteiger partial charge in [-0.15, -0.1) is 0 Å². The van der Waals surface area contributed by atoms with Crippen LogP contribution in [0.2, 0.25) is 25.1 Å². The topological polar surface area (TPSA) is 0 Å². The van der Waals surface area contributed by atoms with E-state index in [1.165, 1.54) is 0 Å². The molecule has 2 aromatic carbocycles. The van der Waals surface area contributed by atoms with Gasteiger partial charge < -0.3 is 0 Å².